The lowest BCUT2D eigenvalue weighted by Gasteiger charge is -2.26. The Morgan fingerprint density at radius 2 is 1.77 bits per heavy atom. The van der Waals surface area contributed by atoms with E-state index in [1.807, 2.05) is 37.8 Å². The van der Waals surface area contributed by atoms with Gasteiger partial charge in [0.15, 0.2) is 0 Å². The maximum absolute atomic E-state index is 13.3. The van der Waals surface area contributed by atoms with E-state index in [0.29, 0.717) is 5.69 Å². The van der Waals surface area contributed by atoms with Gasteiger partial charge in [-0.05, 0) is 56.8 Å². The van der Waals surface area contributed by atoms with Crippen LogP contribution in [-0.4, -0.2) is 35.5 Å². The van der Waals surface area contributed by atoms with Crippen molar-refractivity contribution < 1.29 is 9.18 Å². The molecule has 1 atom stereocenters. The second kappa shape index (κ2) is 8.04. The summed E-state index contributed by atoms with van der Waals surface area (Å²) in [5.74, 6) is -0.257. The Hall–Kier alpha value is -2.14. The fraction of sp³-hybridized carbons (Fsp3) is 0.476. The van der Waals surface area contributed by atoms with Crippen LogP contribution in [0.15, 0.2) is 36.4 Å². The Balaban J connectivity index is 1.83. The lowest BCUT2D eigenvalue weighted by Crippen LogP contribution is -2.37. The van der Waals surface area contributed by atoms with E-state index in [1.54, 1.807) is 12.1 Å². The number of aromatic nitrogens is 1. The van der Waals surface area contributed by atoms with E-state index in [1.165, 1.54) is 31.4 Å². The Labute approximate surface area is 155 Å². The molecule has 0 aliphatic heterocycles. The van der Waals surface area contributed by atoms with Gasteiger partial charge in [-0.25, -0.2) is 4.39 Å². The Morgan fingerprint density at radius 3 is 2.38 bits per heavy atom. The second-order valence-corrected chi connectivity index (χ2v) is 7.43. The van der Waals surface area contributed by atoms with E-state index in [2.05, 4.69) is 10.2 Å². The molecule has 1 heterocycles. The number of hydrogen-bond donors (Lipinski definition) is 1. The van der Waals surface area contributed by atoms with Gasteiger partial charge in [0.25, 0.3) is 5.91 Å². The number of carbonyl (C=O) groups excluding carboxylic acids is 1. The molecule has 1 saturated carbocycles. The molecule has 0 saturated heterocycles. The quantitative estimate of drug-likeness (QED) is 0.882. The summed E-state index contributed by atoms with van der Waals surface area (Å²) in [5, 5.41) is 3.18. The van der Waals surface area contributed by atoms with Crippen LogP contribution >= 0.6 is 0 Å². The summed E-state index contributed by atoms with van der Waals surface area (Å²) in [6.45, 7) is 0. The number of nitrogens with one attached hydrogen (secondary N) is 1. The van der Waals surface area contributed by atoms with Crippen molar-refractivity contribution in [2.45, 2.75) is 44.2 Å². The van der Waals surface area contributed by atoms with Gasteiger partial charge in [-0.15, -0.1) is 0 Å². The van der Waals surface area contributed by atoms with Crippen LogP contribution in [0.5, 0.6) is 0 Å². The van der Waals surface area contributed by atoms with E-state index in [-0.39, 0.29) is 23.8 Å². The first kappa shape index (κ1) is 18.6. The van der Waals surface area contributed by atoms with Crippen LogP contribution in [0, 0.1) is 5.82 Å². The number of benzene rings is 1. The summed E-state index contributed by atoms with van der Waals surface area (Å²) in [5.41, 5.74) is 2.67. The molecule has 140 valence electrons. The van der Waals surface area contributed by atoms with Crippen molar-refractivity contribution in [3.63, 3.8) is 0 Å². The SMILES string of the molecule is CN(C)C(c1ccc(F)cc1)c1ccc(C(=O)NC2CCCCC2)n1C. The average Bonchev–Trinajstić information content (AvgIpc) is 2.99. The normalized spacial score (nSPS) is 16.7. The molecule has 2 aromatic rings. The highest BCUT2D eigenvalue weighted by molar-refractivity contribution is 5.93. The van der Waals surface area contributed by atoms with Gasteiger partial charge in [0.1, 0.15) is 11.5 Å². The molecule has 1 aliphatic carbocycles. The fourth-order valence-corrected chi connectivity index (χ4v) is 3.91. The molecule has 1 aromatic carbocycles. The summed E-state index contributed by atoms with van der Waals surface area (Å²) in [6.07, 6.45) is 5.79. The van der Waals surface area contributed by atoms with Gasteiger partial charge < -0.3 is 9.88 Å². The third-order valence-electron chi connectivity index (χ3n) is 5.32. The molecule has 3 rings (SSSR count). The standard InChI is InChI=1S/C21H28FN3O/c1-24(2)20(15-9-11-16(22)12-10-15)18-13-14-19(25(18)3)21(26)23-17-7-5-4-6-8-17/h9-14,17,20H,4-8H2,1-3H3,(H,23,26). The molecule has 1 aromatic heterocycles. The van der Waals surface area contributed by atoms with Crippen molar-refractivity contribution in [1.82, 2.24) is 14.8 Å². The predicted octanol–water partition coefficient (Wildman–Crippen LogP) is 3.88. The van der Waals surface area contributed by atoms with Crippen molar-refractivity contribution in [2.24, 2.45) is 7.05 Å². The van der Waals surface area contributed by atoms with Crippen LogP contribution in [0.2, 0.25) is 0 Å². The highest BCUT2D eigenvalue weighted by Crippen LogP contribution is 2.28. The Kier molecular flexibility index (Phi) is 5.77. The molecule has 1 unspecified atom stereocenters. The zero-order chi connectivity index (χ0) is 18.7. The molecule has 4 nitrogen and oxygen atoms in total. The highest BCUT2D eigenvalue weighted by Gasteiger charge is 2.24. The minimum absolute atomic E-state index is 0.0118. The number of nitrogens with zero attached hydrogens (tertiary/aromatic N) is 2. The second-order valence-electron chi connectivity index (χ2n) is 7.43. The number of amides is 1. The molecule has 1 aliphatic rings. The van der Waals surface area contributed by atoms with Crippen molar-refractivity contribution in [3.8, 4) is 0 Å². The zero-order valence-corrected chi connectivity index (χ0v) is 15.8. The smallest absolute Gasteiger partial charge is 0.268 e. The Morgan fingerprint density at radius 1 is 1.12 bits per heavy atom. The van der Waals surface area contributed by atoms with Crippen molar-refractivity contribution in [2.75, 3.05) is 14.1 Å². The lowest BCUT2D eigenvalue weighted by molar-refractivity contribution is 0.0918. The van der Waals surface area contributed by atoms with E-state index in [0.717, 1.165) is 24.1 Å². The van der Waals surface area contributed by atoms with Crippen LogP contribution in [0.25, 0.3) is 0 Å². The number of carbonyl (C=O) groups is 1. The maximum atomic E-state index is 13.3. The molecule has 1 amide bonds. The van der Waals surface area contributed by atoms with E-state index < -0.39 is 0 Å². The largest absolute Gasteiger partial charge is 0.348 e. The molecule has 1 fully saturated rings. The van der Waals surface area contributed by atoms with Gasteiger partial charge in [-0.2, -0.15) is 0 Å². The maximum Gasteiger partial charge on any atom is 0.268 e. The molecule has 1 N–H and O–H groups in total. The third-order valence-corrected chi connectivity index (χ3v) is 5.32. The van der Waals surface area contributed by atoms with Crippen molar-refractivity contribution in [1.29, 1.82) is 0 Å². The number of rotatable bonds is 5. The lowest BCUT2D eigenvalue weighted by atomic mass is 9.95. The molecule has 26 heavy (non-hydrogen) atoms. The van der Waals surface area contributed by atoms with Gasteiger partial charge in [-0.1, -0.05) is 31.4 Å². The van der Waals surface area contributed by atoms with Crippen LogP contribution < -0.4 is 5.32 Å². The van der Waals surface area contributed by atoms with Gasteiger partial charge in [-0.3, -0.25) is 9.69 Å². The van der Waals surface area contributed by atoms with Crippen LogP contribution in [0.4, 0.5) is 4.39 Å². The van der Waals surface area contributed by atoms with E-state index in [4.69, 9.17) is 0 Å². The fourth-order valence-electron chi connectivity index (χ4n) is 3.91. The van der Waals surface area contributed by atoms with Crippen molar-refractivity contribution in [3.05, 3.63) is 59.2 Å². The van der Waals surface area contributed by atoms with Crippen LogP contribution in [0.3, 0.4) is 0 Å². The monoisotopic (exact) mass is 357 g/mol. The summed E-state index contributed by atoms with van der Waals surface area (Å²) in [4.78, 5) is 14.8. The summed E-state index contributed by atoms with van der Waals surface area (Å²) in [7, 11) is 5.90. The first-order chi connectivity index (χ1) is 12.5. The number of hydrogen-bond acceptors (Lipinski definition) is 2. The van der Waals surface area contributed by atoms with Gasteiger partial charge >= 0.3 is 0 Å². The predicted molar refractivity (Wildman–Crippen MR) is 102 cm³/mol. The number of halogens is 1. The zero-order valence-electron chi connectivity index (χ0n) is 15.8. The first-order valence-electron chi connectivity index (χ1n) is 9.35. The molecule has 0 spiro atoms. The van der Waals surface area contributed by atoms with Gasteiger partial charge in [0, 0.05) is 18.8 Å². The van der Waals surface area contributed by atoms with Gasteiger partial charge in [0.05, 0.1) is 6.04 Å². The summed E-state index contributed by atoms with van der Waals surface area (Å²) < 4.78 is 15.2. The highest BCUT2D eigenvalue weighted by atomic mass is 19.1. The Bertz CT molecular complexity index is 745. The minimum atomic E-state index is -0.245. The van der Waals surface area contributed by atoms with E-state index >= 15 is 0 Å². The van der Waals surface area contributed by atoms with Gasteiger partial charge in [0.2, 0.25) is 0 Å². The summed E-state index contributed by atoms with van der Waals surface area (Å²) in [6, 6.07) is 10.7. The molecule has 0 radical (unpaired) electrons. The topological polar surface area (TPSA) is 37.3 Å². The van der Waals surface area contributed by atoms with E-state index in [9.17, 15) is 9.18 Å². The molecule has 5 heteroatoms. The van der Waals surface area contributed by atoms with Crippen LogP contribution in [-0.2, 0) is 7.05 Å². The molecular weight excluding hydrogens is 329 g/mol. The average molecular weight is 357 g/mol. The summed E-state index contributed by atoms with van der Waals surface area (Å²) >= 11 is 0. The minimum Gasteiger partial charge on any atom is -0.348 e. The molecular formula is C21H28FN3O. The molecule has 0 bridgehead atoms. The van der Waals surface area contributed by atoms with Crippen LogP contribution in [0.1, 0.15) is 59.9 Å². The third kappa shape index (κ3) is 3.98. The first-order valence-corrected chi connectivity index (χ1v) is 9.35. The van der Waals surface area contributed by atoms with Crippen molar-refractivity contribution >= 4 is 5.91 Å².